The average molecular weight is 422 g/mol. The molecule has 0 aliphatic rings. The molecule has 5 rings (SSSR count). The van der Waals surface area contributed by atoms with Crippen molar-refractivity contribution in [3.8, 4) is 22.4 Å². The molecule has 0 amide bonds. The van der Waals surface area contributed by atoms with E-state index in [0.29, 0.717) is 16.2 Å². The molecule has 3 aromatic heterocycles. The molecule has 0 N–H and O–H groups in total. The Labute approximate surface area is 183 Å². The van der Waals surface area contributed by atoms with Gasteiger partial charge in [-0.1, -0.05) is 66.7 Å². The zero-order valence-corrected chi connectivity index (χ0v) is 17.7. The summed E-state index contributed by atoms with van der Waals surface area (Å²) < 4.78 is 1.71. The number of hydrogen-bond acceptors (Lipinski definition) is 4. The number of nitrogens with zero attached hydrogens (tertiary/aromatic N) is 3. The first-order valence-electron chi connectivity index (χ1n) is 9.95. The molecule has 0 bridgehead atoms. The van der Waals surface area contributed by atoms with Crippen molar-refractivity contribution in [2.24, 2.45) is 0 Å². The SMILES string of the molecule is Cc1c(C=Cc2cccnc2)nc2scc(-c3ccc(-c4ccccc4)cc3)n2c1=O. The van der Waals surface area contributed by atoms with Crippen LogP contribution in [0, 0.1) is 6.92 Å². The number of hydrogen-bond donors (Lipinski definition) is 0. The Hall–Kier alpha value is -3.83. The molecular formula is C26H19N3OS. The minimum Gasteiger partial charge on any atom is -0.269 e. The van der Waals surface area contributed by atoms with Crippen molar-refractivity contribution in [1.29, 1.82) is 0 Å². The summed E-state index contributed by atoms with van der Waals surface area (Å²) in [4.78, 5) is 22.7. The molecule has 150 valence electrons. The fourth-order valence-corrected chi connectivity index (χ4v) is 4.42. The number of pyridine rings is 1. The van der Waals surface area contributed by atoms with Gasteiger partial charge in [-0.2, -0.15) is 0 Å². The summed E-state index contributed by atoms with van der Waals surface area (Å²) in [7, 11) is 0. The topological polar surface area (TPSA) is 47.3 Å². The van der Waals surface area contributed by atoms with Gasteiger partial charge in [-0.25, -0.2) is 4.98 Å². The standard InChI is InChI=1S/C26H19N3OS/c1-18-23(14-9-19-6-5-15-27-16-19)28-26-29(25(18)30)24(17-31-26)22-12-10-21(11-13-22)20-7-3-2-4-8-20/h2-17H,1H3. The molecule has 31 heavy (non-hydrogen) atoms. The van der Waals surface area contributed by atoms with Crippen molar-refractivity contribution >= 4 is 28.4 Å². The van der Waals surface area contributed by atoms with E-state index < -0.39 is 0 Å². The third kappa shape index (κ3) is 3.71. The van der Waals surface area contributed by atoms with Crippen LogP contribution in [0.1, 0.15) is 16.8 Å². The molecule has 4 nitrogen and oxygen atoms in total. The molecule has 3 heterocycles. The van der Waals surface area contributed by atoms with Crippen LogP contribution in [0.3, 0.4) is 0 Å². The Bertz CT molecular complexity index is 1430. The summed E-state index contributed by atoms with van der Waals surface area (Å²) in [6, 6.07) is 22.4. The van der Waals surface area contributed by atoms with Crippen LogP contribution in [0.15, 0.2) is 89.3 Å². The molecule has 0 unspecified atom stereocenters. The lowest BCUT2D eigenvalue weighted by Gasteiger charge is -2.06. The molecule has 5 heteroatoms. The van der Waals surface area contributed by atoms with Gasteiger partial charge in [0, 0.05) is 23.3 Å². The molecule has 0 saturated carbocycles. The normalized spacial score (nSPS) is 11.4. The predicted octanol–water partition coefficient (Wildman–Crippen LogP) is 5.96. The van der Waals surface area contributed by atoms with Gasteiger partial charge < -0.3 is 0 Å². The second kappa shape index (κ2) is 8.13. The molecule has 5 aromatic rings. The van der Waals surface area contributed by atoms with E-state index in [1.807, 2.05) is 54.8 Å². The van der Waals surface area contributed by atoms with Gasteiger partial charge in [0.1, 0.15) is 0 Å². The van der Waals surface area contributed by atoms with Gasteiger partial charge in [-0.15, -0.1) is 11.3 Å². The summed E-state index contributed by atoms with van der Waals surface area (Å²) in [6.07, 6.45) is 7.31. The zero-order chi connectivity index (χ0) is 21.2. The highest BCUT2D eigenvalue weighted by Gasteiger charge is 2.13. The minimum atomic E-state index is -0.0424. The Morgan fingerprint density at radius 3 is 2.35 bits per heavy atom. The van der Waals surface area contributed by atoms with Gasteiger partial charge in [0.25, 0.3) is 5.56 Å². The van der Waals surface area contributed by atoms with E-state index in [2.05, 4.69) is 41.4 Å². The zero-order valence-electron chi connectivity index (χ0n) is 16.9. The van der Waals surface area contributed by atoms with E-state index in [9.17, 15) is 4.79 Å². The third-order valence-corrected chi connectivity index (χ3v) is 6.06. The number of rotatable bonds is 4. The summed E-state index contributed by atoms with van der Waals surface area (Å²) in [5.74, 6) is 0. The van der Waals surface area contributed by atoms with Gasteiger partial charge >= 0.3 is 0 Å². The number of benzene rings is 2. The number of thiazole rings is 1. The lowest BCUT2D eigenvalue weighted by Crippen LogP contribution is -2.18. The monoisotopic (exact) mass is 421 g/mol. The fourth-order valence-electron chi connectivity index (χ4n) is 3.53. The van der Waals surface area contributed by atoms with Crippen molar-refractivity contribution in [2.45, 2.75) is 6.92 Å². The van der Waals surface area contributed by atoms with Crippen LogP contribution in [-0.4, -0.2) is 14.4 Å². The molecule has 2 aromatic carbocycles. The second-order valence-electron chi connectivity index (χ2n) is 7.23. The highest BCUT2D eigenvalue weighted by atomic mass is 32.1. The molecule has 0 radical (unpaired) electrons. The van der Waals surface area contributed by atoms with E-state index >= 15 is 0 Å². The third-order valence-electron chi connectivity index (χ3n) is 5.24. The maximum absolute atomic E-state index is 13.2. The van der Waals surface area contributed by atoms with Crippen molar-refractivity contribution in [2.75, 3.05) is 0 Å². The minimum absolute atomic E-state index is 0.0424. The van der Waals surface area contributed by atoms with E-state index in [1.54, 1.807) is 16.8 Å². The second-order valence-corrected chi connectivity index (χ2v) is 8.07. The van der Waals surface area contributed by atoms with Gasteiger partial charge in [0.15, 0.2) is 4.96 Å². The van der Waals surface area contributed by atoms with E-state index in [-0.39, 0.29) is 5.56 Å². The number of aromatic nitrogens is 3. The quantitative estimate of drug-likeness (QED) is 0.359. The summed E-state index contributed by atoms with van der Waals surface area (Å²) in [6.45, 7) is 1.82. The Balaban J connectivity index is 1.53. The largest absolute Gasteiger partial charge is 0.269 e. The maximum Gasteiger partial charge on any atom is 0.262 e. The summed E-state index contributed by atoms with van der Waals surface area (Å²) in [5, 5.41) is 2.00. The first-order valence-corrected chi connectivity index (χ1v) is 10.8. The maximum atomic E-state index is 13.2. The van der Waals surface area contributed by atoms with Crippen LogP contribution >= 0.6 is 11.3 Å². The first kappa shape index (κ1) is 19.2. The Morgan fingerprint density at radius 2 is 1.61 bits per heavy atom. The summed E-state index contributed by atoms with van der Waals surface area (Å²) >= 11 is 1.47. The van der Waals surface area contributed by atoms with Gasteiger partial charge in [-0.3, -0.25) is 14.2 Å². The van der Waals surface area contributed by atoms with Gasteiger partial charge in [0.05, 0.1) is 11.4 Å². The lowest BCUT2D eigenvalue weighted by molar-refractivity contribution is 1.04. The van der Waals surface area contributed by atoms with E-state index in [4.69, 9.17) is 4.98 Å². The van der Waals surface area contributed by atoms with Gasteiger partial charge in [0.2, 0.25) is 0 Å². The van der Waals surface area contributed by atoms with Crippen LogP contribution in [0.2, 0.25) is 0 Å². The Morgan fingerprint density at radius 1 is 0.871 bits per heavy atom. The summed E-state index contributed by atoms with van der Waals surface area (Å²) in [5.41, 5.74) is 6.40. The highest BCUT2D eigenvalue weighted by Crippen LogP contribution is 2.27. The van der Waals surface area contributed by atoms with Crippen LogP contribution in [0.5, 0.6) is 0 Å². The van der Waals surface area contributed by atoms with Crippen LogP contribution in [0.4, 0.5) is 0 Å². The average Bonchev–Trinajstić information content (AvgIpc) is 3.26. The van der Waals surface area contributed by atoms with Crippen LogP contribution < -0.4 is 5.56 Å². The van der Waals surface area contributed by atoms with Crippen molar-refractivity contribution in [3.63, 3.8) is 0 Å². The lowest BCUT2D eigenvalue weighted by atomic mass is 10.0. The van der Waals surface area contributed by atoms with E-state index in [0.717, 1.165) is 22.4 Å². The van der Waals surface area contributed by atoms with Crippen molar-refractivity contribution in [1.82, 2.24) is 14.4 Å². The van der Waals surface area contributed by atoms with Crippen molar-refractivity contribution in [3.05, 3.63) is 112 Å². The molecule has 0 atom stereocenters. The molecule has 0 fully saturated rings. The molecule has 0 aliphatic carbocycles. The van der Waals surface area contributed by atoms with E-state index in [1.165, 1.54) is 16.9 Å². The van der Waals surface area contributed by atoms with Crippen molar-refractivity contribution < 1.29 is 0 Å². The molecule has 0 aliphatic heterocycles. The van der Waals surface area contributed by atoms with Crippen LogP contribution in [-0.2, 0) is 0 Å². The highest BCUT2D eigenvalue weighted by molar-refractivity contribution is 7.15. The van der Waals surface area contributed by atoms with Crippen LogP contribution in [0.25, 0.3) is 39.5 Å². The predicted molar refractivity (Wildman–Crippen MR) is 128 cm³/mol. The molecule has 0 spiro atoms. The molecular weight excluding hydrogens is 402 g/mol. The fraction of sp³-hybridized carbons (Fsp3) is 0.0385. The Kier molecular flexibility index (Phi) is 5.02. The number of fused-ring (bicyclic) bond motifs is 1. The smallest absolute Gasteiger partial charge is 0.262 e. The molecule has 0 saturated heterocycles. The first-order chi connectivity index (χ1) is 15.2. The van der Waals surface area contributed by atoms with Gasteiger partial charge in [-0.05, 0) is 41.3 Å².